The van der Waals surface area contributed by atoms with Gasteiger partial charge in [0.1, 0.15) is 0 Å². The fourth-order valence-electron chi connectivity index (χ4n) is 4.13. The van der Waals surface area contributed by atoms with Crippen LogP contribution in [0.4, 0.5) is 0 Å². The van der Waals surface area contributed by atoms with Crippen LogP contribution in [0.2, 0.25) is 0 Å². The Morgan fingerprint density at radius 1 is 1.25 bits per heavy atom. The first-order valence-corrected chi connectivity index (χ1v) is 7.07. The van der Waals surface area contributed by atoms with Gasteiger partial charge < -0.3 is 5.73 Å². The van der Waals surface area contributed by atoms with Gasteiger partial charge in [0.25, 0.3) is 0 Å². The van der Waals surface area contributed by atoms with E-state index in [9.17, 15) is 0 Å². The number of nitrogens with zero attached hydrogens (tertiary/aromatic N) is 1. The smallest absolute Gasteiger partial charge is 0.0360 e. The molecule has 2 fully saturated rings. The van der Waals surface area contributed by atoms with E-state index in [1.54, 1.807) is 0 Å². The topological polar surface area (TPSA) is 29.3 Å². The van der Waals surface area contributed by atoms with Crippen LogP contribution < -0.4 is 5.73 Å². The van der Waals surface area contributed by atoms with Gasteiger partial charge in [-0.15, -0.1) is 0 Å². The molecule has 1 aliphatic heterocycles. The molecular weight excluding hydrogens is 196 g/mol. The lowest BCUT2D eigenvalue weighted by Crippen LogP contribution is -2.60. The van der Waals surface area contributed by atoms with Crippen molar-refractivity contribution in [3.63, 3.8) is 0 Å². The van der Waals surface area contributed by atoms with Gasteiger partial charge in [-0.2, -0.15) is 0 Å². The van der Waals surface area contributed by atoms with Crippen molar-refractivity contribution >= 4 is 0 Å². The van der Waals surface area contributed by atoms with Crippen molar-refractivity contribution in [2.45, 2.75) is 64.5 Å². The Kier molecular flexibility index (Phi) is 3.60. The summed E-state index contributed by atoms with van der Waals surface area (Å²) in [6, 6.07) is 0.749. The van der Waals surface area contributed by atoms with Crippen molar-refractivity contribution in [2.75, 3.05) is 13.1 Å². The number of nitrogens with two attached hydrogens (primary N) is 1. The molecule has 94 valence electrons. The van der Waals surface area contributed by atoms with Crippen LogP contribution in [0.1, 0.15) is 52.9 Å². The van der Waals surface area contributed by atoms with Gasteiger partial charge >= 0.3 is 0 Å². The second-order valence-electron chi connectivity index (χ2n) is 6.27. The lowest BCUT2D eigenvalue weighted by Gasteiger charge is -2.51. The number of hydrogen-bond acceptors (Lipinski definition) is 2. The Morgan fingerprint density at radius 3 is 2.50 bits per heavy atom. The minimum Gasteiger partial charge on any atom is -0.329 e. The number of hydrogen-bond donors (Lipinski definition) is 1. The first-order chi connectivity index (χ1) is 7.60. The van der Waals surface area contributed by atoms with Gasteiger partial charge in [0.2, 0.25) is 0 Å². The minimum atomic E-state index is 0.322. The molecule has 2 aliphatic rings. The molecule has 0 aromatic heterocycles. The van der Waals surface area contributed by atoms with Gasteiger partial charge in [-0.05, 0) is 57.4 Å². The van der Waals surface area contributed by atoms with Crippen molar-refractivity contribution < 1.29 is 0 Å². The van der Waals surface area contributed by atoms with E-state index in [4.69, 9.17) is 5.73 Å². The van der Waals surface area contributed by atoms with Crippen molar-refractivity contribution in [3.8, 4) is 0 Å². The second kappa shape index (κ2) is 4.66. The highest BCUT2D eigenvalue weighted by Gasteiger charge is 2.46. The normalized spacial score (nSPS) is 46.1. The average molecular weight is 224 g/mol. The Bertz CT molecular complexity index is 241. The molecule has 1 heterocycles. The van der Waals surface area contributed by atoms with Gasteiger partial charge in [-0.25, -0.2) is 0 Å². The van der Waals surface area contributed by atoms with E-state index < -0.39 is 0 Å². The van der Waals surface area contributed by atoms with Crippen molar-refractivity contribution in [1.82, 2.24) is 4.90 Å². The van der Waals surface area contributed by atoms with Crippen LogP contribution in [0.25, 0.3) is 0 Å². The highest BCUT2D eigenvalue weighted by molar-refractivity contribution is 5.02. The molecule has 16 heavy (non-hydrogen) atoms. The highest BCUT2D eigenvalue weighted by Crippen LogP contribution is 2.43. The molecule has 0 spiro atoms. The largest absolute Gasteiger partial charge is 0.329 e. The Balaban J connectivity index is 2.17. The van der Waals surface area contributed by atoms with E-state index in [2.05, 4.69) is 25.7 Å². The standard InChI is InChI=1S/C14H28N2/c1-11-6-7-14(10-15,12(2)9-11)16-8-4-5-13(16)3/h11-13H,4-10,15H2,1-3H3. The van der Waals surface area contributed by atoms with E-state index in [0.717, 1.165) is 24.4 Å². The van der Waals surface area contributed by atoms with Crippen molar-refractivity contribution in [3.05, 3.63) is 0 Å². The summed E-state index contributed by atoms with van der Waals surface area (Å²) < 4.78 is 0. The van der Waals surface area contributed by atoms with E-state index in [1.807, 2.05) is 0 Å². The first-order valence-electron chi connectivity index (χ1n) is 7.07. The summed E-state index contributed by atoms with van der Waals surface area (Å²) in [7, 11) is 0. The Hall–Kier alpha value is -0.0800. The summed E-state index contributed by atoms with van der Waals surface area (Å²) in [6.07, 6.45) is 6.77. The summed E-state index contributed by atoms with van der Waals surface area (Å²) in [4.78, 5) is 2.74. The van der Waals surface area contributed by atoms with Crippen LogP contribution in [0.5, 0.6) is 0 Å². The zero-order valence-corrected chi connectivity index (χ0v) is 11.2. The van der Waals surface area contributed by atoms with Crippen LogP contribution in [0.15, 0.2) is 0 Å². The quantitative estimate of drug-likeness (QED) is 0.781. The maximum Gasteiger partial charge on any atom is 0.0360 e. The Labute approximate surface area is 101 Å². The minimum absolute atomic E-state index is 0.322. The van der Waals surface area contributed by atoms with Gasteiger partial charge in [-0.1, -0.05) is 13.8 Å². The third-order valence-corrected chi connectivity index (χ3v) is 5.22. The molecule has 1 saturated heterocycles. The van der Waals surface area contributed by atoms with E-state index in [0.29, 0.717) is 5.54 Å². The lowest BCUT2D eigenvalue weighted by atomic mass is 9.68. The number of likely N-dealkylation sites (tertiary alicyclic amines) is 1. The molecule has 0 radical (unpaired) electrons. The highest BCUT2D eigenvalue weighted by atomic mass is 15.3. The molecule has 1 saturated carbocycles. The second-order valence-corrected chi connectivity index (χ2v) is 6.27. The van der Waals surface area contributed by atoms with E-state index in [-0.39, 0.29) is 0 Å². The molecule has 4 unspecified atom stereocenters. The predicted octanol–water partition coefficient (Wildman–Crippen LogP) is 2.62. The molecular formula is C14H28N2. The zero-order chi connectivity index (χ0) is 11.8. The average Bonchev–Trinajstić information content (AvgIpc) is 2.66. The fourth-order valence-corrected chi connectivity index (χ4v) is 4.13. The predicted molar refractivity (Wildman–Crippen MR) is 69.4 cm³/mol. The molecule has 0 aromatic rings. The summed E-state index contributed by atoms with van der Waals surface area (Å²) in [5, 5.41) is 0. The van der Waals surface area contributed by atoms with Crippen LogP contribution in [0, 0.1) is 11.8 Å². The summed E-state index contributed by atoms with van der Waals surface area (Å²) >= 11 is 0. The number of rotatable bonds is 2. The summed E-state index contributed by atoms with van der Waals surface area (Å²) in [5.41, 5.74) is 6.50. The van der Waals surface area contributed by atoms with Gasteiger partial charge in [0.15, 0.2) is 0 Å². The molecule has 2 N–H and O–H groups in total. The summed E-state index contributed by atoms with van der Waals surface area (Å²) in [5.74, 6) is 1.66. The van der Waals surface area contributed by atoms with Gasteiger partial charge in [-0.3, -0.25) is 4.90 Å². The molecule has 2 nitrogen and oxygen atoms in total. The van der Waals surface area contributed by atoms with Crippen LogP contribution in [-0.2, 0) is 0 Å². The third kappa shape index (κ3) is 1.91. The molecule has 2 rings (SSSR count). The zero-order valence-electron chi connectivity index (χ0n) is 11.2. The van der Waals surface area contributed by atoms with Gasteiger partial charge in [0, 0.05) is 18.1 Å². The van der Waals surface area contributed by atoms with Crippen molar-refractivity contribution in [2.24, 2.45) is 17.6 Å². The molecule has 2 heteroatoms. The molecule has 0 bridgehead atoms. The molecule has 0 amide bonds. The maximum absolute atomic E-state index is 6.17. The summed E-state index contributed by atoms with van der Waals surface area (Å²) in [6.45, 7) is 9.33. The maximum atomic E-state index is 6.17. The van der Waals surface area contributed by atoms with Crippen molar-refractivity contribution in [1.29, 1.82) is 0 Å². The first kappa shape index (κ1) is 12.4. The molecule has 4 atom stereocenters. The van der Waals surface area contributed by atoms with E-state index >= 15 is 0 Å². The van der Waals surface area contributed by atoms with Crippen LogP contribution in [-0.4, -0.2) is 29.6 Å². The van der Waals surface area contributed by atoms with Gasteiger partial charge in [0.05, 0.1) is 0 Å². The molecule has 0 aromatic carbocycles. The fraction of sp³-hybridized carbons (Fsp3) is 1.00. The lowest BCUT2D eigenvalue weighted by molar-refractivity contribution is -0.00488. The SMILES string of the molecule is CC1CCC(CN)(N2CCCC2C)C(C)C1. The third-order valence-electron chi connectivity index (χ3n) is 5.22. The molecule has 1 aliphatic carbocycles. The van der Waals surface area contributed by atoms with Crippen LogP contribution in [0.3, 0.4) is 0 Å². The Morgan fingerprint density at radius 2 is 2.00 bits per heavy atom. The van der Waals surface area contributed by atoms with Crippen LogP contribution >= 0.6 is 0 Å². The van der Waals surface area contributed by atoms with E-state index in [1.165, 1.54) is 38.6 Å². The monoisotopic (exact) mass is 224 g/mol.